The molecule has 0 atom stereocenters. The van der Waals surface area contributed by atoms with E-state index < -0.39 is 10.0 Å². The van der Waals surface area contributed by atoms with Crippen LogP contribution >= 0.6 is 23.2 Å². The Morgan fingerprint density at radius 1 is 1.04 bits per heavy atom. The second-order valence-corrected chi connectivity index (χ2v) is 7.50. The second kappa shape index (κ2) is 6.87. The average Bonchev–Trinajstić information content (AvgIpc) is 2.58. The smallest absolute Gasteiger partial charge is 0.276 e. The largest absolute Gasteiger partial charge is 0.463 e. The summed E-state index contributed by atoms with van der Waals surface area (Å²) in [6.45, 7) is 0. The van der Waals surface area contributed by atoms with Crippen molar-refractivity contribution in [1.29, 1.82) is 0 Å². The predicted octanol–water partition coefficient (Wildman–Crippen LogP) is 3.41. The molecule has 3 aromatic rings. The van der Waals surface area contributed by atoms with Crippen LogP contribution in [0.2, 0.25) is 10.0 Å². The molecule has 2 aromatic carbocycles. The molecule has 0 bridgehead atoms. The molecule has 9 heteroatoms. The molecule has 0 spiro atoms. The zero-order chi connectivity index (χ0) is 18.0. The van der Waals surface area contributed by atoms with Gasteiger partial charge in [-0.1, -0.05) is 23.2 Å². The first-order valence-electron chi connectivity index (χ1n) is 6.88. The number of hydrazone groups is 1. The predicted molar refractivity (Wildman–Crippen MR) is 96.9 cm³/mol. The molecule has 0 saturated carbocycles. The number of nitrogens with one attached hydrogen (secondary N) is 1. The minimum atomic E-state index is -3.87. The van der Waals surface area contributed by atoms with Crippen LogP contribution in [0.25, 0.3) is 11.0 Å². The Morgan fingerprint density at radius 3 is 2.44 bits per heavy atom. The molecule has 1 aromatic heterocycles. The highest BCUT2D eigenvalue weighted by Gasteiger charge is 2.12. The van der Waals surface area contributed by atoms with Crippen LogP contribution in [-0.2, 0) is 10.0 Å². The van der Waals surface area contributed by atoms with E-state index in [4.69, 9.17) is 27.6 Å². The summed E-state index contributed by atoms with van der Waals surface area (Å²) in [6, 6.07) is 10.2. The fraction of sp³-hybridized carbons (Fsp3) is 0. The molecule has 0 unspecified atom stereocenters. The summed E-state index contributed by atoms with van der Waals surface area (Å²) in [6.07, 6.45) is 2.26. The zero-order valence-corrected chi connectivity index (χ0v) is 14.8. The first-order chi connectivity index (χ1) is 11.9. The van der Waals surface area contributed by atoms with Crippen molar-refractivity contribution in [3.05, 3.63) is 74.6 Å². The summed E-state index contributed by atoms with van der Waals surface area (Å²) >= 11 is 11.6. The number of hydrogen-bond donors (Lipinski definition) is 1. The fourth-order valence-electron chi connectivity index (χ4n) is 2.04. The lowest BCUT2D eigenvalue weighted by Gasteiger charge is -2.03. The molecule has 3 rings (SSSR count). The lowest BCUT2D eigenvalue weighted by molar-refractivity contribution is 0.584. The maximum Gasteiger partial charge on any atom is 0.276 e. The summed E-state index contributed by atoms with van der Waals surface area (Å²) in [4.78, 5) is 14.4. The number of benzene rings is 2. The van der Waals surface area contributed by atoms with Crippen LogP contribution in [0, 0.1) is 0 Å². The van der Waals surface area contributed by atoms with E-state index in [9.17, 15) is 13.2 Å². The molecule has 0 fully saturated rings. The van der Waals surface area contributed by atoms with Gasteiger partial charge in [-0.15, -0.1) is 0 Å². The van der Waals surface area contributed by atoms with E-state index in [2.05, 4.69) is 5.10 Å². The molecule has 0 amide bonds. The molecule has 1 heterocycles. The quantitative estimate of drug-likeness (QED) is 0.540. The summed E-state index contributed by atoms with van der Waals surface area (Å²) in [5, 5.41) is 4.69. The molecule has 0 aliphatic carbocycles. The monoisotopic (exact) mass is 396 g/mol. The zero-order valence-electron chi connectivity index (χ0n) is 12.4. The topological polar surface area (TPSA) is 88.7 Å². The van der Waals surface area contributed by atoms with E-state index in [1.54, 1.807) is 12.1 Å². The number of hydrogen-bond acceptors (Lipinski definition) is 5. The third-order valence-electron chi connectivity index (χ3n) is 3.26. The van der Waals surface area contributed by atoms with Gasteiger partial charge in [-0.3, -0.25) is 4.79 Å². The molecular formula is C16H10Cl2N2O4S. The number of rotatable bonds is 4. The highest BCUT2D eigenvalue weighted by molar-refractivity contribution is 7.89. The van der Waals surface area contributed by atoms with Crippen LogP contribution in [-0.4, -0.2) is 14.6 Å². The Hall–Kier alpha value is -2.35. The molecule has 0 aliphatic rings. The van der Waals surface area contributed by atoms with Crippen molar-refractivity contribution in [3.8, 4) is 0 Å². The molecule has 0 aliphatic heterocycles. The van der Waals surface area contributed by atoms with Gasteiger partial charge >= 0.3 is 0 Å². The maximum absolute atomic E-state index is 12.3. The van der Waals surface area contributed by atoms with Gasteiger partial charge in [-0.05, 0) is 42.5 Å². The molecule has 0 saturated heterocycles. The van der Waals surface area contributed by atoms with Crippen molar-refractivity contribution >= 4 is 50.4 Å². The van der Waals surface area contributed by atoms with Gasteiger partial charge in [0.1, 0.15) is 11.8 Å². The Kier molecular flexibility index (Phi) is 4.80. The average molecular weight is 397 g/mol. The van der Waals surface area contributed by atoms with Gasteiger partial charge in [-0.25, -0.2) is 4.83 Å². The maximum atomic E-state index is 12.3. The molecule has 1 N–H and O–H groups in total. The summed E-state index contributed by atoms with van der Waals surface area (Å²) in [5.41, 5.74) is 0.0695. The van der Waals surface area contributed by atoms with Crippen molar-refractivity contribution in [1.82, 2.24) is 4.83 Å². The minimum absolute atomic E-state index is 0.00798. The minimum Gasteiger partial charge on any atom is -0.463 e. The van der Waals surface area contributed by atoms with Crippen molar-refractivity contribution < 1.29 is 12.8 Å². The van der Waals surface area contributed by atoms with E-state index >= 15 is 0 Å². The van der Waals surface area contributed by atoms with E-state index in [1.165, 1.54) is 36.6 Å². The summed E-state index contributed by atoms with van der Waals surface area (Å²) in [5.74, 6) is 0. The molecule has 128 valence electrons. The highest BCUT2D eigenvalue weighted by Crippen LogP contribution is 2.17. The molecule has 25 heavy (non-hydrogen) atoms. The van der Waals surface area contributed by atoms with Crippen LogP contribution < -0.4 is 10.3 Å². The van der Waals surface area contributed by atoms with Crippen molar-refractivity contribution in [2.75, 3.05) is 0 Å². The fourth-order valence-corrected chi connectivity index (χ4v) is 3.13. The summed E-state index contributed by atoms with van der Waals surface area (Å²) in [7, 11) is -3.87. The standard InChI is InChI=1S/C16H10Cl2N2O4S/c17-11-1-4-13(5-2-11)25(22,23)20-19-8-10-9-24-15-6-3-12(18)7-14(15)16(10)21/h1-9,20H. The van der Waals surface area contributed by atoms with Crippen LogP contribution in [0.4, 0.5) is 0 Å². The van der Waals surface area contributed by atoms with Gasteiger partial charge in [0.05, 0.1) is 22.1 Å². The van der Waals surface area contributed by atoms with Gasteiger partial charge in [0, 0.05) is 10.0 Å². The molecular weight excluding hydrogens is 387 g/mol. The third kappa shape index (κ3) is 3.84. The Morgan fingerprint density at radius 2 is 1.72 bits per heavy atom. The van der Waals surface area contributed by atoms with Crippen molar-refractivity contribution in [2.45, 2.75) is 4.90 Å². The van der Waals surface area contributed by atoms with E-state index in [0.29, 0.717) is 15.6 Å². The van der Waals surface area contributed by atoms with Gasteiger partial charge in [-0.2, -0.15) is 13.5 Å². The van der Waals surface area contributed by atoms with Crippen molar-refractivity contribution in [3.63, 3.8) is 0 Å². The number of nitrogens with zero attached hydrogens (tertiary/aromatic N) is 1. The Labute approximate surface area is 152 Å². The molecule has 6 nitrogen and oxygen atoms in total. The van der Waals surface area contributed by atoms with Gasteiger partial charge < -0.3 is 4.42 Å². The van der Waals surface area contributed by atoms with Crippen LogP contribution in [0.15, 0.2) is 67.9 Å². The number of halogens is 2. The SMILES string of the molecule is O=c1c(C=NNS(=O)(=O)c2ccc(Cl)cc2)coc2ccc(Cl)cc12. The van der Waals surface area contributed by atoms with E-state index in [1.807, 2.05) is 4.83 Å². The Bertz CT molecular complexity index is 1120. The van der Waals surface area contributed by atoms with Crippen LogP contribution in [0.1, 0.15) is 5.56 Å². The normalized spacial score (nSPS) is 11.9. The van der Waals surface area contributed by atoms with Crippen LogP contribution in [0.3, 0.4) is 0 Å². The van der Waals surface area contributed by atoms with E-state index in [-0.39, 0.29) is 21.3 Å². The third-order valence-corrected chi connectivity index (χ3v) is 4.99. The van der Waals surface area contributed by atoms with E-state index in [0.717, 1.165) is 6.21 Å². The Balaban J connectivity index is 1.87. The number of fused-ring (bicyclic) bond motifs is 1. The van der Waals surface area contributed by atoms with Gasteiger partial charge in [0.2, 0.25) is 5.43 Å². The second-order valence-electron chi connectivity index (χ2n) is 4.97. The van der Waals surface area contributed by atoms with Crippen LogP contribution in [0.5, 0.6) is 0 Å². The first-order valence-corrected chi connectivity index (χ1v) is 9.12. The molecule has 0 radical (unpaired) electrons. The lowest BCUT2D eigenvalue weighted by atomic mass is 10.2. The first kappa shape index (κ1) is 17.5. The van der Waals surface area contributed by atoms with Gasteiger partial charge in [0.15, 0.2) is 0 Å². The van der Waals surface area contributed by atoms with Gasteiger partial charge in [0.25, 0.3) is 10.0 Å². The summed E-state index contributed by atoms with van der Waals surface area (Å²) < 4.78 is 29.5. The number of sulfonamides is 1. The lowest BCUT2D eigenvalue weighted by Crippen LogP contribution is -2.19. The van der Waals surface area contributed by atoms with Crippen molar-refractivity contribution in [2.24, 2.45) is 5.10 Å². The highest BCUT2D eigenvalue weighted by atomic mass is 35.5.